The van der Waals surface area contributed by atoms with Crippen molar-refractivity contribution in [1.29, 1.82) is 0 Å². The third-order valence-corrected chi connectivity index (χ3v) is 5.24. The van der Waals surface area contributed by atoms with Gasteiger partial charge in [0.15, 0.2) is 0 Å². The van der Waals surface area contributed by atoms with Gasteiger partial charge < -0.3 is 10.2 Å². The normalized spacial score (nSPS) is 41.9. The van der Waals surface area contributed by atoms with Crippen LogP contribution < -0.4 is 0 Å². The van der Waals surface area contributed by atoms with Crippen LogP contribution in [0.3, 0.4) is 0 Å². The molecule has 18 heavy (non-hydrogen) atoms. The van der Waals surface area contributed by atoms with E-state index in [0.717, 1.165) is 25.7 Å². The lowest BCUT2D eigenvalue weighted by atomic mass is 9.61. The predicted molar refractivity (Wildman–Crippen MR) is 74.1 cm³/mol. The fourth-order valence-electron chi connectivity index (χ4n) is 3.60. The molecule has 0 aromatic rings. The standard InChI is InChI=1S/C16H26O2/c1-12-7-3-4-9-14(12)15(18)16(11-17)10-6-5-8-13(16)2/h3-6,12-15,17-18H,7-11H2,1-2H3/t12-,13+,14+,15+,16-/m1/s1. The molecular weight excluding hydrogens is 224 g/mol. The van der Waals surface area contributed by atoms with Crippen LogP contribution in [0.1, 0.15) is 39.5 Å². The first-order valence-corrected chi connectivity index (χ1v) is 7.20. The molecule has 5 atom stereocenters. The van der Waals surface area contributed by atoms with Crippen LogP contribution in [0, 0.1) is 23.2 Å². The quantitative estimate of drug-likeness (QED) is 0.756. The Bertz CT molecular complexity index is 334. The highest BCUT2D eigenvalue weighted by Crippen LogP contribution is 2.46. The molecule has 0 amide bonds. The first-order chi connectivity index (χ1) is 8.62. The second-order valence-electron chi connectivity index (χ2n) is 6.23. The van der Waals surface area contributed by atoms with Crippen molar-refractivity contribution in [2.45, 2.75) is 45.6 Å². The van der Waals surface area contributed by atoms with Crippen molar-refractivity contribution in [3.8, 4) is 0 Å². The molecule has 0 saturated carbocycles. The number of rotatable bonds is 3. The van der Waals surface area contributed by atoms with Crippen molar-refractivity contribution in [3.63, 3.8) is 0 Å². The van der Waals surface area contributed by atoms with Crippen molar-refractivity contribution >= 4 is 0 Å². The summed E-state index contributed by atoms with van der Waals surface area (Å²) in [7, 11) is 0. The highest BCUT2D eigenvalue weighted by Gasteiger charge is 2.46. The molecule has 0 aliphatic heterocycles. The van der Waals surface area contributed by atoms with E-state index >= 15 is 0 Å². The zero-order valence-electron chi connectivity index (χ0n) is 11.5. The lowest BCUT2D eigenvalue weighted by Gasteiger charge is -2.47. The van der Waals surface area contributed by atoms with Crippen LogP contribution in [-0.4, -0.2) is 22.9 Å². The van der Waals surface area contributed by atoms with Crippen LogP contribution in [-0.2, 0) is 0 Å². The monoisotopic (exact) mass is 250 g/mol. The third-order valence-electron chi connectivity index (χ3n) is 5.24. The highest BCUT2D eigenvalue weighted by atomic mass is 16.3. The summed E-state index contributed by atoms with van der Waals surface area (Å²) >= 11 is 0. The molecule has 2 aliphatic rings. The first kappa shape index (κ1) is 13.8. The van der Waals surface area contributed by atoms with E-state index < -0.39 is 6.10 Å². The van der Waals surface area contributed by atoms with E-state index in [1.807, 2.05) is 0 Å². The van der Waals surface area contributed by atoms with Gasteiger partial charge in [0, 0.05) is 5.41 Å². The van der Waals surface area contributed by atoms with Gasteiger partial charge in [0.05, 0.1) is 12.7 Å². The van der Waals surface area contributed by atoms with Crippen molar-refractivity contribution < 1.29 is 10.2 Å². The molecule has 0 saturated heterocycles. The fraction of sp³-hybridized carbons (Fsp3) is 0.750. The zero-order chi connectivity index (χ0) is 13.2. The number of hydrogen-bond donors (Lipinski definition) is 2. The summed E-state index contributed by atoms with van der Waals surface area (Å²) in [6.07, 6.45) is 12.1. The molecule has 0 bridgehead atoms. The van der Waals surface area contributed by atoms with Crippen molar-refractivity contribution in [1.82, 2.24) is 0 Å². The lowest BCUT2D eigenvalue weighted by molar-refractivity contribution is -0.0948. The summed E-state index contributed by atoms with van der Waals surface area (Å²) in [5, 5.41) is 20.7. The van der Waals surface area contributed by atoms with Gasteiger partial charge in [-0.2, -0.15) is 0 Å². The molecule has 2 nitrogen and oxygen atoms in total. The van der Waals surface area contributed by atoms with Gasteiger partial charge in [0.2, 0.25) is 0 Å². The van der Waals surface area contributed by atoms with Crippen molar-refractivity contribution in [2.24, 2.45) is 23.2 Å². The molecule has 0 aromatic heterocycles. The van der Waals surface area contributed by atoms with E-state index in [1.165, 1.54) is 0 Å². The molecule has 0 spiro atoms. The van der Waals surface area contributed by atoms with E-state index in [-0.39, 0.29) is 17.9 Å². The summed E-state index contributed by atoms with van der Waals surface area (Å²) in [5.74, 6) is 1.14. The minimum atomic E-state index is -0.401. The van der Waals surface area contributed by atoms with Crippen LogP contribution in [0.25, 0.3) is 0 Å². The second kappa shape index (κ2) is 5.58. The fourth-order valence-corrected chi connectivity index (χ4v) is 3.60. The van der Waals surface area contributed by atoms with Gasteiger partial charge in [-0.25, -0.2) is 0 Å². The maximum absolute atomic E-state index is 10.9. The van der Waals surface area contributed by atoms with Crippen LogP contribution in [0.2, 0.25) is 0 Å². The van der Waals surface area contributed by atoms with Gasteiger partial charge in [-0.1, -0.05) is 38.2 Å². The Hall–Kier alpha value is -0.600. The number of aliphatic hydroxyl groups excluding tert-OH is 2. The molecule has 2 aliphatic carbocycles. The molecule has 0 radical (unpaired) electrons. The summed E-state index contributed by atoms with van der Waals surface area (Å²) in [5.41, 5.74) is -0.334. The van der Waals surface area contributed by atoms with Crippen LogP contribution in [0.15, 0.2) is 24.3 Å². The first-order valence-electron chi connectivity index (χ1n) is 7.20. The van der Waals surface area contributed by atoms with Crippen molar-refractivity contribution in [2.75, 3.05) is 6.61 Å². The van der Waals surface area contributed by atoms with Crippen LogP contribution >= 0.6 is 0 Å². The van der Waals surface area contributed by atoms with E-state index in [9.17, 15) is 10.2 Å². The maximum Gasteiger partial charge on any atom is 0.0657 e. The molecular formula is C16H26O2. The Morgan fingerprint density at radius 1 is 1.11 bits per heavy atom. The molecule has 2 heteroatoms. The summed E-state index contributed by atoms with van der Waals surface area (Å²) in [4.78, 5) is 0. The topological polar surface area (TPSA) is 40.5 Å². The average Bonchev–Trinajstić information content (AvgIpc) is 2.39. The molecule has 2 N–H and O–H groups in total. The smallest absolute Gasteiger partial charge is 0.0657 e. The Balaban J connectivity index is 2.21. The number of allylic oxidation sites excluding steroid dienone is 4. The van der Waals surface area contributed by atoms with Gasteiger partial charge >= 0.3 is 0 Å². The van der Waals surface area contributed by atoms with Gasteiger partial charge in [-0.05, 0) is 43.4 Å². The Morgan fingerprint density at radius 3 is 2.39 bits per heavy atom. The minimum absolute atomic E-state index is 0.0899. The molecule has 0 unspecified atom stereocenters. The highest BCUT2D eigenvalue weighted by molar-refractivity contribution is 5.07. The molecule has 0 fully saturated rings. The van der Waals surface area contributed by atoms with Gasteiger partial charge in [-0.3, -0.25) is 0 Å². The summed E-state index contributed by atoms with van der Waals surface area (Å²) in [6, 6.07) is 0. The molecule has 2 rings (SSSR count). The minimum Gasteiger partial charge on any atom is -0.396 e. The Kier molecular flexibility index (Phi) is 4.29. The van der Waals surface area contributed by atoms with Gasteiger partial charge in [0.1, 0.15) is 0 Å². The zero-order valence-corrected chi connectivity index (χ0v) is 11.5. The van der Waals surface area contributed by atoms with Crippen LogP contribution in [0.4, 0.5) is 0 Å². The summed E-state index contributed by atoms with van der Waals surface area (Å²) < 4.78 is 0. The predicted octanol–water partition coefficient (Wildman–Crippen LogP) is 2.91. The lowest BCUT2D eigenvalue weighted by Crippen LogP contribution is -2.50. The Morgan fingerprint density at radius 2 is 1.78 bits per heavy atom. The van der Waals surface area contributed by atoms with Crippen molar-refractivity contribution in [3.05, 3.63) is 24.3 Å². The number of aliphatic hydroxyl groups is 2. The number of hydrogen-bond acceptors (Lipinski definition) is 2. The maximum atomic E-state index is 10.9. The molecule has 0 heterocycles. The van der Waals surface area contributed by atoms with E-state index in [4.69, 9.17) is 0 Å². The largest absolute Gasteiger partial charge is 0.396 e. The van der Waals surface area contributed by atoms with E-state index in [2.05, 4.69) is 38.2 Å². The van der Waals surface area contributed by atoms with Gasteiger partial charge in [0.25, 0.3) is 0 Å². The SMILES string of the molecule is C[C@@H]1CC=CC[C@@H]1[C@H](O)[C@@]1(CO)CC=CC[C@@H]1C. The summed E-state index contributed by atoms with van der Waals surface area (Å²) in [6.45, 7) is 4.46. The van der Waals surface area contributed by atoms with Gasteiger partial charge in [-0.15, -0.1) is 0 Å². The van der Waals surface area contributed by atoms with E-state index in [1.54, 1.807) is 0 Å². The second-order valence-corrected chi connectivity index (χ2v) is 6.23. The Labute approximate surface area is 110 Å². The molecule has 0 aromatic carbocycles. The van der Waals surface area contributed by atoms with Crippen LogP contribution in [0.5, 0.6) is 0 Å². The van der Waals surface area contributed by atoms with E-state index in [0.29, 0.717) is 11.8 Å². The third kappa shape index (κ3) is 2.28. The molecule has 102 valence electrons. The average molecular weight is 250 g/mol.